The zero-order valence-corrected chi connectivity index (χ0v) is 9.36. The molecule has 0 bridgehead atoms. The number of carbonyl (C=O) groups is 2. The molecule has 0 aliphatic carbocycles. The number of anilines is 1. The minimum atomic E-state index is -1.26. The molecule has 0 aliphatic rings. The minimum absolute atomic E-state index is 0.101. The lowest BCUT2D eigenvalue weighted by Gasteiger charge is -2.06. The third-order valence-corrected chi connectivity index (χ3v) is 2.19. The lowest BCUT2D eigenvalue weighted by Crippen LogP contribution is -2.19. The van der Waals surface area contributed by atoms with Crippen LogP contribution < -0.4 is 5.32 Å². The summed E-state index contributed by atoms with van der Waals surface area (Å²) in [6.45, 7) is 0. The molecule has 0 unspecified atom stereocenters. The molecule has 0 saturated heterocycles. The van der Waals surface area contributed by atoms with Crippen LogP contribution in [0.15, 0.2) is 24.7 Å². The molecule has 2 rings (SSSR count). The van der Waals surface area contributed by atoms with E-state index in [2.05, 4.69) is 20.4 Å². The van der Waals surface area contributed by atoms with Gasteiger partial charge in [0.2, 0.25) is 0 Å². The van der Waals surface area contributed by atoms with Gasteiger partial charge in [-0.1, -0.05) is 0 Å². The van der Waals surface area contributed by atoms with Crippen molar-refractivity contribution in [3.63, 3.8) is 0 Å². The predicted octanol–water partition coefficient (Wildman–Crippen LogP) is 0.161. The number of hydrogen-bond donors (Lipinski definition) is 2. The molecule has 2 aromatic rings. The first-order valence-electron chi connectivity index (χ1n) is 4.93. The van der Waals surface area contributed by atoms with E-state index in [1.807, 2.05) is 0 Å². The highest BCUT2D eigenvalue weighted by molar-refractivity contribution is 6.05. The van der Waals surface area contributed by atoms with Gasteiger partial charge in [0.25, 0.3) is 5.91 Å². The second-order valence-corrected chi connectivity index (χ2v) is 3.35. The smallest absolute Gasteiger partial charge is 0.358 e. The van der Waals surface area contributed by atoms with Crippen LogP contribution in [-0.2, 0) is 7.05 Å². The van der Waals surface area contributed by atoms with Crippen molar-refractivity contribution in [1.29, 1.82) is 0 Å². The number of aromatic nitrogens is 4. The van der Waals surface area contributed by atoms with Crippen LogP contribution in [0.5, 0.6) is 0 Å². The molecule has 2 aromatic heterocycles. The molecule has 0 spiro atoms. The second-order valence-electron chi connectivity index (χ2n) is 3.35. The third kappa shape index (κ3) is 2.17. The second kappa shape index (κ2) is 4.62. The Kier molecular flexibility index (Phi) is 3.00. The van der Waals surface area contributed by atoms with Crippen LogP contribution in [0.1, 0.15) is 21.0 Å². The monoisotopic (exact) mass is 247 g/mol. The van der Waals surface area contributed by atoms with Crippen molar-refractivity contribution in [3.05, 3.63) is 36.0 Å². The predicted molar refractivity (Wildman–Crippen MR) is 60.2 cm³/mol. The quantitative estimate of drug-likeness (QED) is 0.799. The highest BCUT2D eigenvalue weighted by Gasteiger charge is 2.17. The van der Waals surface area contributed by atoms with Crippen molar-refractivity contribution in [2.75, 3.05) is 5.32 Å². The van der Waals surface area contributed by atoms with Gasteiger partial charge < -0.3 is 10.4 Å². The standard InChI is InChI=1S/C10H9N5O3/c1-15-6(2-3-13-15)9(16)14-8-7(10(17)18)11-4-5-12-8/h2-5H,1H3,(H,17,18)(H,12,14,16). The SMILES string of the molecule is Cn1nccc1C(=O)Nc1nccnc1C(=O)O. The summed E-state index contributed by atoms with van der Waals surface area (Å²) >= 11 is 0. The minimum Gasteiger partial charge on any atom is -0.476 e. The Morgan fingerprint density at radius 3 is 2.61 bits per heavy atom. The first-order chi connectivity index (χ1) is 8.59. The molecule has 0 radical (unpaired) electrons. The number of carboxylic acid groups (broad SMARTS) is 1. The van der Waals surface area contributed by atoms with E-state index in [0.717, 1.165) is 0 Å². The molecule has 0 aromatic carbocycles. The van der Waals surface area contributed by atoms with Gasteiger partial charge in [-0.05, 0) is 6.07 Å². The van der Waals surface area contributed by atoms with Crippen LogP contribution in [-0.4, -0.2) is 36.7 Å². The summed E-state index contributed by atoms with van der Waals surface area (Å²) < 4.78 is 1.37. The van der Waals surface area contributed by atoms with E-state index in [-0.39, 0.29) is 17.2 Å². The van der Waals surface area contributed by atoms with E-state index in [4.69, 9.17) is 5.11 Å². The topological polar surface area (TPSA) is 110 Å². The Labute approximate surface area is 101 Å². The molecule has 0 saturated carbocycles. The summed E-state index contributed by atoms with van der Waals surface area (Å²) in [5.74, 6) is -1.86. The van der Waals surface area contributed by atoms with Crippen LogP contribution >= 0.6 is 0 Å². The number of aryl methyl sites for hydroxylation is 1. The summed E-state index contributed by atoms with van der Waals surface area (Å²) in [4.78, 5) is 30.1. The first kappa shape index (κ1) is 11.7. The maximum atomic E-state index is 11.8. The first-order valence-corrected chi connectivity index (χ1v) is 4.93. The van der Waals surface area contributed by atoms with E-state index in [1.165, 1.54) is 29.3 Å². The number of hydrogen-bond acceptors (Lipinski definition) is 5. The number of nitrogens with zero attached hydrogens (tertiary/aromatic N) is 4. The highest BCUT2D eigenvalue weighted by atomic mass is 16.4. The number of carbonyl (C=O) groups excluding carboxylic acids is 1. The van der Waals surface area contributed by atoms with E-state index in [9.17, 15) is 9.59 Å². The normalized spacial score (nSPS) is 10.1. The van der Waals surface area contributed by atoms with E-state index < -0.39 is 11.9 Å². The lowest BCUT2D eigenvalue weighted by atomic mass is 10.3. The Morgan fingerprint density at radius 1 is 1.28 bits per heavy atom. The third-order valence-electron chi connectivity index (χ3n) is 2.19. The van der Waals surface area contributed by atoms with Crippen LogP contribution in [0.25, 0.3) is 0 Å². The zero-order valence-electron chi connectivity index (χ0n) is 9.36. The molecule has 1 amide bonds. The fraction of sp³-hybridized carbons (Fsp3) is 0.100. The van der Waals surface area contributed by atoms with Gasteiger partial charge in [0, 0.05) is 25.6 Å². The van der Waals surface area contributed by atoms with Gasteiger partial charge in [-0.3, -0.25) is 9.48 Å². The van der Waals surface area contributed by atoms with Gasteiger partial charge in [-0.2, -0.15) is 5.10 Å². The zero-order chi connectivity index (χ0) is 13.1. The molecule has 0 fully saturated rings. The van der Waals surface area contributed by atoms with E-state index in [1.54, 1.807) is 7.05 Å². The average molecular weight is 247 g/mol. The Bertz CT molecular complexity index is 607. The van der Waals surface area contributed by atoms with Crippen LogP contribution in [0.2, 0.25) is 0 Å². The van der Waals surface area contributed by atoms with Gasteiger partial charge >= 0.3 is 5.97 Å². The fourth-order valence-corrected chi connectivity index (χ4v) is 1.35. The van der Waals surface area contributed by atoms with Crippen molar-refractivity contribution in [3.8, 4) is 0 Å². The molecule has 2 heterocycles. The Morgan fingerprint density at radius 2 is 2.00 bits per heavy atom. The summed E-state index contributed by atoms with van der Waals surface area (Å²) in [5, 5.41) is 15.1. The van der Waals surface area contributed by atoms with Crippen molar-refractivity contribution in [2.24, 2.45) is 7.05 Å². The number of rotatable bonds is 3. The number of amides is 1. The van der Waals surface area contributed by atoms with E-state index >= 15 is 0 Å². The largest absolute Gasteiger partial charge is 0.476 e. The molecule has 8 heteroatoms. The molecule has 92 valence electrons. The van der Waals surface area contributed by atoms with Crippen LogP contribution in [0.3, 0.4) is 0 Å². The fourth-order valence-electron chi connectivity index (χ4n) is 1.35. The summed E-state index contributed by atoms with van der Waals surface area (Å²) in [6.07, 6.45) is 4.00. The maximum Gasteiger partial charge on any atom is 0.358 e. The number of aromatic carboxylic acids is 1. The van der Waals surface area contributed by atoms with Crippen LogP contribution in [0, 0.1) is 0 Å². The lowest BCUT2D eigenvalue weighted by molar-refractivity contribution is 0.0691. The number of carboxylic acids is 1. The average Bonchev–Trinajstić information content (AvgIpc) is 2.76. The molecule has 2 N–H and O–H groups in total. The molecular formula is C10H9N5O3. The molecule has 0 atom stereocenters. The van der Waals surface area contributed by atoms with Crippen molar-refractivity contribution >= 4 is 17.7 Å². The van der Waals surface area contributed by atoms with Crippen LogP contribution in [0.4, 0.5) is 5.82 Å². The van der Waals surface area contributed by atoms with Gasteiger partial charge in [0.05, 0.1) is 0 Å². The molecular weight excluding hydrogens is 238 g/mol. The summed E-state index contributed by atoms with van der Waals surface area (Å²) in [5.41, 5.74) is -0.0231. The molecule has 0 aliphatic heterocycles. The Balaban J connectivity index is 2.28. The van der Waals surface area contributed by atoms with E-state index in [0.29, 0.717) is 0 Å². The van der Waals surface area contributed by atoms with Gasteiger partial charge in [0.15, 0.2) is 11.5 Å². The number of nitrogens with one attached hydrogen (secondary N) is 1. The highest BCUT2D eigenvalue weighted by Crippen LogP contribution is 2.10. The maximum absolute atomic E-state index is 11.8. The van der Waals surface area contributed by atoms with Crippen molar-refractivity contribution in [1.82, 2.24) is 19.7 Å². The van der Waals surface area contributed by atoms with Gasteiger partial charge in [-0.25, -0.2) is 14.8 Å². The summed E-state index contributed by atoms with van der Waals surface area (Å²) in [6, 6.07) is 1.51. The van der Waals surface area contributed by atoms with Crippen molar-refractivity contribution in [2.45, 2.75) is 0 Å². The van der Waals surface area contributed by atoms with Gasteiger partial charge in [-0.15, -0.1) is 0 Å². The van der Waals surface area contributed by atoms with Gasteiger partial charge in [0.1, 0.15) is 5.69 Å². The van der Waals surface area contributed by atoms with Crippen molar-refractivity contribution < 1.29 is 14.7 Å². The molecule has 8 nitrogen and oxygen atoms in total. The molecule has 18 heavy (non-hydrogen) atoms. The Hall–Kier alpha value is -2.77. The summed E-state index contributed by atoms with van der Waals surface area (Å²) in [7, 11) is 1.60.